The molecule has 0 radical (unpaired) electrons. The minimum Gasteiger partial charge on any atom is -0.456 e. The first-order valence-corrected chi connectivity index (χ1v) is 17.0. The number of benzene rings is 5. The molecule has 5 heteroatoms. The largest absolute Gasteiger partial charge is 0.456 e. The maximum absolute atomic E-state index is 6.52. The van der Waals surface area contributed by atoms with Gasteiger partial charge in [-0.25, -0.2) is 0 Å². The van der Waals surface area contributed by atoms with Crippen molar-refractivity contribution in [1.82, 2.24) is 9.97 Å². The molecule has 4 nitrogen and oxygen atoms in total. The number of aromatic nitrogens is 2. The van der Waals surface area contributed by atoms with Crippen molar-refractivity contribution in [1.29, 1.82) is 0 Å². The van der Waals surface area contributed by atoms with Gasteiger partial charge in [0.1, 0.15) is 23.0 Å². The first kappa shape index (κ1) is 27.7. The molecule has 0 amide bonds. The third-order valence-corrected chi connectivity index (χ3v) is 11.4. The van der Waals surface area contributed by atoms with Crippen molar-refractivity contribution in [3.05, 3.63) is 151 Å². The summed E-state index contributed by atoms with van der Waals surface area (Å²) in [7, 11) is -0.923. The van der Waals surface area contributed by atoms with Crippen LogP contribution in [-0.2, 0) is 0 Å². The third-order valence-electron chi connectivity index (χ3n) is 8.88. The Hall–Kier alpha value is -5.57. The molecule has 0 saturated carbocycles. The quantitative estimate of drug-likeness (QED) is 0.183. The molecule has 0 fully saturated rings. The lowest BCUT2D eigenvalue weighted by Gasteiger charge is -2.35. The number of ether oxygens (including phenoxy) is 2. The van der Waals surface area contributed by atoms with Gasteiger partial charge in [-0.3, -0.25) is 9.97 Å². The molecule has 4 heterocycles. The Morgan fingerprint density at radius 2 is 0.809 bits per heavy atom. The smallest absolute Gasteiger partial charge is 0.139 e. The Balaban J connectivity index is 1.11. The Morgan fingerprint density at radius 3 is 1.23 bits per heavy atom. The van der Waals surface area contributed by atoms with Gasteiger partial charge in [0.05, 0.1) is 5.30 Å². The van der Waals surface area contributed by atoms with Crippen LogP contribution >= 0.6 is 7.92 Å². The van der Waals surface area contributed by atoms with Gasteiger partial charge < -0.3 is 9.47 Å². The highest BCUT2D eigenvalue weighted by atomic mass is 31.1. The summed E-state index contributed by atoms with van der Waals surface area (Å²) in [5, 5.41) is 3.54. The maximum Gasteiger partial charge on any atom is 0.139 e. The Bertz CT molecular complexity index is 2170. The fraction of sp³-hybridized carbons (Fsp3) is 0.0476. The number of pyridine rings is 2. The van der Waals surface area contributed by atoms with Crippen LogP contribution < -0.4 is 25.4 Å². The summed E-state index contributed by atoms with van der Waals surface area (Å²) < 4.78 is 13.0. The van der Waals surface area contributed by atoms with E-state index in [4.69, 9.17) is 9.47 Å². The summed E-state index contributed by atoms with van der Waals surface area (Å²) in [6.45, 7) is 4.14. The van der Waals surface area contributed by atoms with Crippen LogP contribution in [0.25, 0.3) is 44.5 Å². The van der Waals surface area contributed by atoms with E-state index in [1.54, 1.807) is 0 Å². The molecule has 0 atom stereocenters. The van der Waals surface area contributed by atoms with Crippen LogP contribution in [0.4, 0.5) is 0 Å². The van der Waals surface area contributed by atoms with Gasteiger partial charge in [-0.1, -0.05) is 66.7 Å². The van der Waals surface area contributed by atoms with E-state index < -0.39 is 7.92 Å². The number of hydrogen-bond acceptors (Lipinski definition) is 4. The van der Waals surface area contributed by atoms with Crippen LogP contribution in [0.2, 0.25) is 0 Å². The average Bonchev–Trinajstić information content (AvgIpc) is 3.11. The van der Waals surface area contributed by atoms with E-state index in [9.17, 15) is 0 Å². The van der Waals surface area contributed by atoms with E-state index in [1.807, 2.05) is 30.9 Å². The van der Waals surface area contributed by atoms with Crippen molar-refractivity contribution < 1.29 is 9.47 Å². The van der Waals surface area contributed by atoms with Crippen LogP contribution in [0.3, 0.4) is 0 Å². The number of aryl methyl sites for hydroxylation is 2. The molecule has 2 aromatic heterocycles. The van der Waals surface area contributed by atoms with E-state index in [-0.39, 0.29) is 0 Å². The monoisotopic (exact) mass is 624 g/mol. The molecule has 0 saturated heterocycles. The zero-order valence-electron chi connectivity index (χ0n) is 25.9. The van der Waals surface area contributed by atoms with Crippen LogP contribution in [0, 0.1) is 13.8 Å². The molecule has 0 aliphatic carbocycles. The van der Waals surface area contributed by atoms with Crippen molar-refractivity contribution in [3.63, 3.8) is 0 Å². The predicted octanol–water partition coefficient (Wildman–Crippen LogP) is 9.73. The van der Waals surface area contributed by atoms with E-state index in [0.29, 0.717) is 0 Å². The molecule has 0 spiro atoms. The van der Waals surface area contributed by atoms with E-state index in [2.05, 4.69) is 133 Å². The van der Waals surface area contributed by atoms with Crippen LogP contribution in [0.15, 0.2) is 140 Å². The molecule has 9 rings (SSSR count). The summed E-state index contributed by atoms with van der Waals surface area (Å²) in [4.78, 5) is 8.75. The zero-order chi connectivity index (χ0) is 31.5. The molecule has 0 N–H and O–H groups in total. The van der Waals surface area contributed by atoms with Crippen molar-refractivity contribution in [2.45, 2.75) is 13.8 Å². The average molecular weight is 625 g/mol. The molecule has 5 aromatic carbocycles. The number of fused-ring (bicyclic) bond motifs is 4. The molecular weight excluding hydrogens is 595 g/mol. The Kier molecular flexibility index (Phi) is 6.51. The summed E-state index contributed by atoms with van der Waals surface area (Å²) in [6, 6.07) is 41.2. The van der Waals surface area contributed by atoms with Gasteiger partial charge in [-0.2, -0.15) is 0 Å². The van der Waals surface area contributed by atoms with E-state index in [1.165, 1.54) is 10.6 Å². The Morgan fingerprint density at radius 1 is 0.404 bits per heavy atom. The lowest BCUT2D eigenvalue weighted by Crippen LogP contribution is -2.32. The fourth-order valence-electron chi connectivity index (χ4n) is 6.55. The molecule has 7 aromatic rings. The second-order valence-electron chi connectivity index (χ2n) is 12.2. The third kappa shape index (κ3) is 4.90. The van der Waals surface area contributed by atoms with Gasteiger partial charge in [0, 0.05) is 54.4 Å². The van der Waals surface area contributed by atoms with Gasteiger partial charge in [0.25, 0.3) is 0 Å². The highest BCUT2D eigenvalue weighted by molar-refractivity contribution is 7.80. The predicted molar refractivity (Wildman–Crippen MR) is 192 cm³/mol. The lowest BCUT2D eigenvalue weighted by molar-refractivity contribution is 0.466. The van der Waals surface area contributed by atoms with Crippen molar-refractivity contribution >= 4 is 23.8 Å². The summed E-state index contributed by atoms with van der Waals surface area (Å²) >= 11 is 0. The SMILES string of the molecule is Cc1cncc(-c2ccc(-c3ccc4c(c3)P3c5cc(-c6ccc(-c7cncc(C)c7)cc6)ccc5Oc5cccc(c53)O4)cc2)c1. The number of nitrogens with zero attached hydrogens (tertiary/aromatic N) is 2. The zero-order valence-corrected chi connectivity index (χ0v) is 26.8. The van der Waals surface area contributed by atoms with Crippen molar-refractivity contribution in [2.24, 2.45) is 0 Å². The molecule has 47 heavy (non-hydrogen) atoms. The molecule has 224 valence electrons. The van der Waals surface area contributed by atoms with Crippen molar-refractivity contribution in [3.8, 4) is 67.5 Å². The Labute approximate surface area is 275 Å². The highest BCUT2D eigenvalue weighted by Gasteiger charge is 2.37. The van der Waals surface area contributed by atoms with Gasteiger partial charge in [0.2, 0.25) is 0 Å². The minimum absolute atomic E-state index is 0.872. The highest BCUT2D eigenvalue weighted by Crippen LogP contribution is 2.53. The molecule has 2 aliphatic rings. The standard InChI is InChI=1S/C42H29N2O2P/c1-26-18-34(24-43-22-26)30-10-6-28(7-11-30)32-14-16-36-40(20-32)47-41-21-33(15-17-37(41)46-39-5-3-4-38(45-36)42(39)47)29-8-12-31(13-9-29)35-19-27(2)23-44-25-35/h3-25H,1-2H3. The maximum atomic E-state index is 6.52. The number of hydrogen-bond donors (Lipinski definition) is 0. The van der Waals surface area contributed by atoms with E-state index >= 15 is 0 Å². The van der Waals surface area contributed by atoms with Crippen LogP contribution in [-0.4, -0.2) is 9.97 Å². The lowest BCUT2D eigenvalue weighted by atomic mass is 10.0. The minimum atomic E-state index is -0.923. The molecule has 0 bridgehead atoms. The second kappa shape index (κ2) is 11.0. The second-order valence-corrected chi connectivity index (χ2v) is 14.2. The van der Waals surface area contributed by atoms with Crippen LogP contribution in [0.5, 0.6) is 23.0 Å². The van der Waals surface area contributed by atoms with E-state index in [0.717, 1.165) is 83.9 Å². The molecule has 2 aliphatic heterocycles. The van der Waals surface area contributed by atoms with Gasteiger partial charge in [-0.15, -0.1) is 0 Å². The fourth-order valence-corrected chi connectivity index (χ4v) is 9.19. The van der Waals surface area contributed by atoms with Gasteiger partial charge in [-0.05, 0) is 107 Å². The van der Waals surface area contributed by atoms with Gasteiger partial charge >= 0.3 is 0 Å². The first-order valence-electron chi connectivity index (χ1n) is 15.7. The topological polar surface area (TPSA) is 44.2 Å². The normalized spacial score (nSPS) is 12.7. The summed E-state index contributed by atoms with van der Waals surface area (Å²) in [5.41, 5.74) is 11.5. The van der Waals surface area contributed by atoms with Crippen molar-refractivity contribution in [2.75, 3.05) is 0 Å². The number of rotatable bonds is 4. The molecular formula is C42H29N2O2P. The van der Waals surface area contributed by atoms with Crippen LogP contribution in [0.1, 0.15) is 11.1 Å². The summed E-state index contributed by atoms with van der Waals surface area (Å²) in [5.74, 6) is 3.55. The molecule has 0 unspecified atom stereocenters. The van der Waals surface area contributed by atoms with Gasteiger partial charge in [0.15, 0.2) is 0 Å². The first-order chi connectivity index (χ1) is 23.1. The summed E-state index contributed by atoms with van der Waals surface area (Å²) in [6.07, 6.45) is 7.61.